The van der Waals surface area contributed by atoms with Crippen molar-refractivity contribution >= 4 is 5.91 Å². The summed E-state index contributed by atoms with van der Waals surface area (Å²) in [6, 6.07) is 8.54. The Labute approximate surface area is 176 Å². The lowest BCUT2D eigenvalue weighted by Gasteiger charge is -2.44. The quantitative estimate of drug-likeness (QED) is 0.640. The highest BCUT2D eigenvalue weighted by molar-refractivity contribution is 5.76. The summed E-state index contributed by atoms with van der Waals surface area (Å²) >= 11 is 0. The molecule has 0 aromatic heterocycles. The third-order valence-corrected chi connectivity index (χ3v) is 6.67. The number of ether oxygens (including phenoxy) is 2. The van der Waals surface area contributed by atoms with E-state index in [1.807, 2.05) is 6.92 Å². The molecule has 29 heavy (non-hydrogen) atoms. The molecule has 0 unspecified atom stereocenters. The fraction of sp³-hybridized carbons (Fsp3) is 0.708. The van der Waals surface area contributed by atoms with Crippen molar-refractivity contribution < 1.29 is 14.3 Å². The van der Waals surface area contributed by atoms with Crippen LogP contribution >= 0.6 is 0 Å². The van der Waals surface area contributed by atoms with Gasteiger partial charge >= 0.3 is 0 Å². The van der Waals surface area contributed by atoms with Crippen LogP contribution in [0.5, 0.6) is 0 Å². The van der Waals surface area contributed by atoms with Crippen LogP contribution in [-0.2, 0) is 19.7 Å². The molecule has 1 N–H and O–H groups in total. The van der Waals surface area contributed by atoms with Crippen LogP contribution in [-0.4, -0.2) is 56.9 Å². The molecule has 1 aromatic carbocycles. The standard InChI is InChI=1S/C24H38N2O3/c1-5-21(27)25-22-19-8-6-7-9-20(19)24(23(22)29-17-16-28-4)11-14-26(15-12-24)13-10-18(2)3/h6-9,18,22-23H,5,10-17H2,1-4H3,(H,25,27)/t22-,23+/m1/s1. The number of carbonyl (C=O) groups excluding carboxylic acids is 1. The molecule has 1 spiro atoms. The molecule has 1 saturated heterocycles. The molecule has 1 amide bonds. The van der Waals surface area contributed by atoms with Crippen molar-refractivity contribution in [3.8, 4) is 0 Å². The minimum Gasteiger partial charge on any atom is -0.382 e. The van der Waals surface area contributed by atoms with Gasteiger partial charge in [0.1, 0.15) is 0 Å². The number of hydrogen-bond acceptors (Lipinski definition) is 4. The smallest absolute Gasteiger partial charge is 0.220 e. The number of nitrogens with zero attached hydrogens (tertiary/aromatic N) is 1. The Morgan fingerprint density at radius 1 is 1.24 bits per heavy atom. The van der Waals surface area contributed by atoms with Crippen molar-refractivity contribution in [2.45, 2.75) is 64.0 Å². The molecule has 1 aromatic rings. The Morgan fingerprint density at radius 3 is 2.62 bits per heavy atom. The van der Waals surface area contributed by atoms with E-state index in [1.54, 1.807) is 7.11 Å². The monoisotopic (exact) mass is 402 g/mol. The second-order valence-electron chi connectivity index (χ2n) is 8.95. The third-order valence-electron chi connectivity index (χ3n) is 6.67. The average molecular weight is 403 g/mol. The first-order valence-electron chi connectivity index (χ1n) is 11.2. The van der Waals surface area contributed by atoms with Gasteiger partial charge < -0.3 is 19.7 Å². The van der Waals surface area contributed by atoms with E-state index in [9.17, 15) is 4.79 Å². The molecule has 1 aliphatic carbocycles. The number of nitrogens with one attached hydrogen (secondary N) is 1. The maximum Gasteiger partial charge on any atom is 0.220 e. The Bertz CT molecular complexity index is 668. The first kappa shape index (κ1) is 22.3. The summed E-state index contributed by atoms with van der Waals surface area (Å²) in [5.41, 5.74) is 2.56. The number of benzene rings is 1. The Balaban J connectivity index is 1.85. The Kier molecular flexibility index (Phi) is 7.72. The Hall–Kier alpha value is -1.43. The lowest BCUT2D eigenvalue weighted by Crippen LogP contribution is -2.51. The summed E-state index contributed by atoms with van der Waals surface area (Å²) in [5, 5.41) is 3.27. The lowest BCUT2D eigenvalue weighted by molar-refractivity contribution is -0.124. The van der Waals surface area contributed by atoms with Crippen LogP contribution in [0.1, 0.15) is 63.6 Å². The number of piperidine rings is 1. The van der Waals surface area contributed by atoms with Gasteiger partial charge in [-0.1, -0.05) is 45.0 Å². The predicted octanol–water partition coefficient (Wildman–Crippen LogP) is 3.68. The lowest BCUT2D eigenvalue weighted by atomic mass is 9.71. The van der Waals surface area contributed by atoms with E-state index >= 15 is 0 Å². The molecule has 2 atom stereocenters. The van der Waals surface area contributed by atoms with Crippen molar-refractivity contribution in [3.05, 3.63) is 35.4 Å². The first-order chi connectivity index (χ1) is 14.0. The maximum atomic E-state index is 12.3. The molecule has 1 fully saturated rings. The van der Waals surface area contributed by atoms with Gasteiger partial charge in [-0.15, -0.1) is 0 Å². The molecular weight excluding hydrogens is 364 g/mol. The highest BCUT2D eigenvalue weighted by Gasteiger charge is 2.54. The van der Waals surface area contributed by atoms with Crippen LogP contribution in [0.4, 0.5) is 0 Å². The van der Waals surface area contributed by atoms with Crippen molar-refractivity contribution in [1.29, 1.82) is 0 Å². The van der Waals surface area contributed by atoms with Crippen molar-refractivity contribution in [3.63, 3.8) is 0 Å². The van der Waals surface area contributed by atoms with Crippen molar-refractivity contribution in [1.82, 2.24) is 10.2 Å². The topological polar surface area (TPSA) is 50.8 Å². The summed E-state index contributed by atoms with van der Waals surface area (Å²) < 4.78 is 11.7. The van der Waals surface area contributed by atoms with Crippen LogP contribution in [0.2, 0.25) is 0 Å². The van der Waals surface area contributed by atoms with Gasteiger partial charge in [-0.2, -0.15) is 0 Å². The van der Waals surface area contributed by atoms with E-state index in [0.717, 1.165) is 31.8 Å². The van der Waals surface area contributed by atoms with E-state index in [2.05, 4.69) is 48.3 Å². The molecule has 5 nitrogen and oxygen atoms in total. The summed E-state index contributed by atoms with van der Waals surface area (Å²) in [6.07, 6.45) is 3.82. The van der Waals surface area contributed by atoms with Gasteiger partial charge in [-0.25, -0.2) is 0 Å². The van der Waals surface area contributed by atoms with Gasteiger partial charge in [0, 0.05) is 18.9 Å². The molecule has 0 radical (unpaired) electrons. The normalized spacial score (nSPS) is 23.5. The Morgan fingerprint density at radius 2 is 1.97 bits per heavy atom. The minimum absolute atomic E-state index is 0.0373. The second-order valence-corrected chi connectivity index (χ2v) is 8.95. The average Bonchev–Trinajstić information content (AvgIpc) is 2.97. The maximum absolute atomic E-state index is 12.3. The van der Waals surface area contributed by atoms with E-state index < -0.39 is 0 Å². The number of hydrogen-bond donors (Lipinski definition) is 1. The van der Waals surface area contributed by atoms with Crippen LogP contribution < -0.4 is 5.32 Å². The van der Waals surface area contributed by atoms with Gasteiger partial charge in [-0.3, -0.25) is 4.79 Å². The van der Waals surface area contributed by atoms with Gasteiger partial charge in [0.15, 0.2) is 0 Å². The van der Waals surface area contributed by atoms with Gasteiger partial charge in [-0.05, 0) is 55.9 Å². The van der Waals surface area contributed by atoms with Crippen LogP contribution in [0, 0.1) is 5.92 Å². The van der Waals surface area contributed by atoms with E-state index in [0.29, 0.717) is 19.6 Å². The van der Waals surface area contributed by atoms with Crippen LogP contribution in [0.25, 0.3) is 0 Å². The van der Waals surface area contributed by atoms with E-state index in [4.69, 9.17) is 9.47 Å². The molecule has 0 saturated carbocycles. The number of rotatable bonds is 9. The van der Waals surface area contributed by atoms with Gasteiger partial charge in [0.2, 0.25) is 5.91 Å². The number of fused-ring (bicyclic) bond motifs is 2. The first-order valence-corrected chi connectivity index (χ1v) is 11.2. The SMILES string of the molecule is CCC(=O)N[C@@H]1c2ccccc2C2(CCN(CCC(C)C)CC2)[C@H]1OCCOC. The van der Waals surface area contributed by atoms with Crippen LogP contribution in [0.15, 0.2) is 24.3 Å². The zero-order valence-electron chi connectivity index (χ0n) is 18.6. The third kappa shape index (κ3) is 4.84. The molecule has 0 bridgehead atoms. The molecule has 162 valence electrons. The minimum atomic E-state index is -0.0854. The molecule has 3 rings (SSSR count). The molecule has 2 aliphatic rings. The molecule has 5 heteroatoms. The van der Waals surface area contributed by atoms with Crippen LogP contribution in [0.3, 0.4) is 0 Å². The van der Waals surface area contributed by atoms with E-state index in [-0.39, 0.29) is 23.5 Å². The summed E-state index contributed by atoms with van der Waals surface area (Å²) in [5.74, 6) is 0.813. The number of likely N-dealkylation sites (tertiary alicyclic amines) is 1. The van der Waals surface area contributed by atoms with E-state index in [1.165, 1.54) is 24.1 Å². The van der Waals surface area contributed by atoms with Crippen molar-refractivity contribution in [2.24, 2.45) is 5.92 Å². The van der Waals surface area contributed by atoms with Gasteiger partial charge in [0.05, 0.1) is 25.4 Å². The highest BCUT2D eigenvalue weighted by atomic mass is 16.5. The number of carbonyl (C=O) groups is 1. The number of amides is 1. The zero-order chi connectivity index (χ0) is 20.9. The summed E-state index contributed by atoms with van der Waals surface area (Å²) in [4.78, 5) is 14.9. The number of methoxy groups -OCH3 is 1. The zero-order valence-corrected chi connectivity index (χ0v) is 18.6. The molecule has 1 heterocycles. The fourth-order valence-corrected chi connectivity index (χ4v) is 4.97. The molecular formula is C24H38N2O3. The van der Waals surface area contributed by atoms with Gasteiger partial charge in [0.25, 0.3) is 0 Å². The summed E-state index contributed by atoms with van der Waals surface area (Å²) in [7, 11) is 1.70. The summed E-state index contributed by atoms with van der Waals surface area (Å²) in [6.45, 7) is 10.9. The van der Waals surface area contributed by atoms with Crippen molar-refractivity contribution in [2.75, 3.05) is 40.0 Å². The second kappa shape index (κ2) is 10.1. The largest absolute Gasteiger partial charge is 0.382 e. The highest BCUT2D eigenvalue weighted by Crippen LogP contribution is 2.52. The molecule has 1 aliphatic heterocycles. The fourth-order valence-electron chi connectivity index (χ4n) is 4.97. The predicted molar refractivity (Wildman–Crippen MR) is 116 cm³/mol.